The van der Waals surface area contributed by atoms with E-state index in [0.717, 1.165) is 0 Å². The van der Waals surface area contributed by atoms with Crippen molar-refractivity contribution in [2.24, 2.45) is 17.8 Å². The minimum Gasteiger partial charge on any atom is -0.459 e. The van der Waals surface area contributed by atoms with Crippen molar-refractivity contribution in [2.45, 2.75) is 192 Å². The number of cyclic esters (lactones) is 1. The van der Waals surface area contributed by atoms with Gasteiger partial charge in [0.1, 0.15) is 35.7 Å². The number of amides is 1. The summed E-state index contributed by atoms with van der Waals surface area (Å²) in [5.74, 6) is -3.02. The Morgan fingerprint density at radius 2 is 1.69 bits per heavy atom. The van der Waals surface area contributed by atoms with Crippen molar-refractivity contribution in [3.63, 3.8) is 0 Å². The Bertz CT molecular complexity index is 1610. The number of carbonyl (C=O) groups is 2. The molecule has 64 heavy (non-hydrogen) atoms. The van der Waals surface area contributed by atoms with Gasteiger partial charge in [0.2, 0.25) is 0 Å². The van der Waals surface area contributed by atoms with E-state index >= 15 is 0 Å². The van der Waals surface area contributed by atoms with Gasteiger partial charge in [-0.15, -0.1) is 0 Å². The number of ether oxygens (including phenoxy) is 7. The summed E-state index contributed by atoms with van der Waals surface area (Å²) in [5.41, 5.74) is -4.25. The van der Waals surface area contributed by atoms with Crippen molar-refractivity contribution in [1.29, 1.82) is 0 Å². The molecule has 1 amide bonds. The molecule has 0 spiro atoms. The summed E-state index contributed by atoms with van der Waals surface area (Å²) in [5, 5.41) is 50.3. The van der Waals surface area contributed by atoms with Crippen LogP contribution in [0.3, 0.4) is 0 Å². The summed E-state index contributed by atoms with van der Waals surface area (Å²) in [7, 11) is 7.28. The average molecular weight is 912 g/mol. The Labute approximate surface area is 381 Å². The van der Waals surface area contributed by atoms with Crippen molar-refractivity contribution >= 4 is 11.9 Å². The molecule has 3 aliphatic rings. The molecule has 4 heterocycles. The highest BCUT2D eigenvalue weighted by atomic mass is 16.7. The number of carbonyl (C=O) groups excluding carboxylic acids is 2. The second kappa shape index (κ2) is 23.0. The first-order chi connectivity index (χ1) is 29.9. The quantitative estimate of drug-likeness (QED) is 0.142. The molecule has 3 saturated heterocycles. The van der Waals surface area contributed by atoms with Crippen LogP contribution >= 0.6 is 0 Å². The number of rotatable bonds is 13. The van der Waals surface area contributed by atoms with Gasteiger partial charge in [-0.05, 0) is 101 Å². The van der Waals surface area contributed by atoms with Crippen LogP contribution in [0.1, 0.15) is 112 Å². The molecule has 0 aliphatic carbocycles. The van der Waals surface area contributed by atoms with Gasteiger partial charge < -0.3 is 68.7 Å². The fraction of sp³-hybridized carbons (Fsp3) is 0.870. The van der Waals surface area contributed by atoms with Gasteiger partial charge in [0.05, 0.1) is 47.7 Å². The molecule has 1 aromatic rings. The lowest BCUT2D eigenvalue weighted by atomic mass is 9.77. The molecule has 0 saturated carbocycles. The number of esters is 1. The van der Waals surface area contributed by atoms with Crippen molar-refractivity contribution in [3.05, 3.63) is 24.3 Å². The molecule has 5 N–H and O–H groups in total. The number of nitrogens with zero attached hydrogens (tertiary/aromatic N) is 4. The molecule has 0 aromatic carbocycles. The number of nitrogens with one attached hydrogen (secondary N) is 1. The fourth-order valence-corrected chi connectivity index (χ4v) is 9.90. The number of hydrogen-bond acceptors (Lipinski definition) is 17. The van der Waals surface area contributed by atoms with E-state index in [2.05, 4.69) is 20.2 Å². The van der Waals surface area contributed by atoms with Crippen LogP contribution in [0.2, 0.25) is 0 Å². The monoisotopic (exact) mass is 912 g/mol. The number of likely N-dealkylation sites (N-methyl/N-ethyl adjacent to an activating group) is 2. The van der Waals surface area contributed by atoms with Gasteiger partial charge in [-0.25, -0.2) is 4.98 Å². The van der Waals surface area contributed by atoms with E-state index < -0.39 is 96.0 Å². The van der Waals surface area contributed by atoms with E-state index in [1.54, 1.807) is 34.6 Å². The van der Waals surface area contributed by atoms with Gasteiger partial charge in [0.25, 0.3) is 5.91 Å². The molecule has 0 radical (unpaired) electrons. The molecule has 3 aliphatic heterocycles. The summed E-state index contributed by atoms with van der Waals surface area (Å²) in [4.78, 5) is 39.1. The zero-order chi connectivity index (χ0) is 47.9. The third kappa shape index (κ3) is 13.2. The third-order valence-corrected chi connectivity index (χ3v) is 13.9. The first-order valence-electron chi connectivity index (χ1n) is 23.1. The molecule has 4 rings (SSSR count). The average Bonchev–Trinajstić information content (AvgIpc) is 3.24. The van der Waals surface area contributed by atoms with Crippen LogP contribution in [0.15, 0.2) is 18.6 Å². The Kier molecular flexibility index (Phi) is 19.5. The maximum absolute atomic E-state index is 14.5. The predicted molar refractivity (Wildman–Crippen MR) is 237 cm³/mol. The molecule has 18 heteroatoms. The van der Waals surface area contributed by atoms with Crippen molar-refractivity contribution in [3.8, 4) is 0 Å². The number of aromatic nitrogens is 2. The van der Waals surface area contributed by atoms with Crippen LogP contribution in [0.4, 0.5) is 0 Å². The Morgan fingerprint density at radius 3 is 2.30 bits per heavy atom. The van der Waals surface area contributed by atoms with Gasteiger partial charge in [-0.3, -0.25) is 14.6 Å². The van der Waals surface area contributed by atoms with Crippen LogP contribution in [-0.4, -0.2) is 190 Å². The van der Waals surface area contributed by atoms with Gasteiger partial charge in [0.15, 0.2) is 12.6 Å². The molecule has 0 bridgehead atoms. The SMILES string of the molecule is CCC1OC(=O)C(C)C(OC2CC(C)(OC)C(O)C(C)O2)C(C)C(OC2OC(C)CC(N(C)C)C2OCCCNC(=O)c2cnccn2)C(C)(O)CC(C)CN(C)C(C)C(O)C1(C)O. The maximum Gasteiger partial charge on any atom is 0.311 e. The predicted octanol–water partition coefficient (Wildman–Crippen LogP) is 2.54. The lowest BCUT2D eigenvalue weighted by Gasteiger charge is -2.49. The summed E-state index contributed by atoms with van der Waals surface area (Å²) < 4.78 is 45.3. The molecule has 3 fully saturated rings. The van der Waals surface area contributed by atoms with Gasteiger partial charge in [0, 0.05) is 63.6 Å². The third-order valence-electron chi connectivity index (χ3n) is 13.9. The van der Waals surface area contributed by atoms with E-state index in [4.69, 9.17) is 33.2 Å². The second-order valence-electron chi connectivity index (χ2n) is 19.7. The molecule has 368 valence electrons. The minimum absolute atomic E-state index is 0.116. The van der Waals surface area contributed by atoms with Crippen LogP contribution in [0.5, 0.6) is 0 Å². The summed E-state index contributed by atoms with van der Waals surface area (Å²) in [6.45, 7) is 18.7. The zero-order valence-corrected chi connectivity index (χ0v) is 40.8. The van der Waals surface area contributed by atoms with E-state index in [1.165, 1.54) is 32.6 Å². The molecular weight excluding hydrogens is 831 g/mol. The van der Waals surface area contributed by atoms with Crippen molar-refractivity contribution in [2.75, 3.05) is 47.9 Å². The number of hydrogen-bond donors (Lipinski definition) is 5. The number of aliphatic hydroxyl groups is 4. The smallest absolute Gasteiger partial charge is 0.311 e. The first kappa shape index (κ1) is 54.1. The van der Waals surface area contributed by atoms with Crippen LogP contribution in [0, 0.1) is 17.8 Å². The topological polar surface area (TPSA) is 224 Å². The summed E-state index contributed by atoms with van der Waals surface area (Å²) >= 11 is 0. The zero-order valence-electron chi connectivity index (χ0n) is 40.8. The summed E-state index contributed by atoms with van der Waals surface area (Å²) in [6, 6.07) is -0.727. The van der Waals surface area contributed by atoms with Crippen molar-refractivity contribution in [1.82, 2.24) is 25.1 Å². The highest BCUT2D eigenvalue weighted by molar-refractivity contribution is 5.91. The number of aliphatic hydroxyl groups excluding tert-OH is 2. The Balaban J connectivity index is 1.76. The van der Waals surface area contributed by atoms with Gasteiger partial charge in [-0.1, -0.05) is 20.8 Å². The van der Waals surface area contributed by atoms with E-state index in [9.17, 15) is 30.0 Å². The van der Waals surface area contributed by atoms with E-state index in [1.807, 2.05) is 53.7 Å². The van der Waals surface area contributed by atoms with Crippen LogP contribution in [0.25, 0.3) is 0 Å². The Morgan fingerprint density at radius 1 is 1.00 bits per heavy atom. The van der Waals surface area contributed by atoms with Crippen LogP contribution in [-0.2, 0) is 38.0 Å². The standard InChI is InChI=1S/C46H81N5O13/c1-15-34-46(10,57)38(52)30(6)51(13)25-26(2)22-44(8,56)40(28(4)36(29(5)42(55)62-34)63-35-23-45(9,58-14)39(53)31(7)61-35)64-43-37(33(50(11)12)21-27(3)60-43)59-20-16-17-49-41(54)32-24-47-18-19-48-32/h18-19,24,26-31,33-40,43,52-53,56-57H,15-17,20-23,25H2,1-14H3,(H,49,54). The molecule has 18 atom stereocenters. The van der Waals surface area contributed by atoms with E-state index in [-0.39, 0.29) is 55.5 Å². The second-order valence-corrected chi connectivity index (χ2v) is 19.7. The first-order valence-corrected chi connectivity index (χ1v) is 23.1. The van der Waals surface area contributed by atoms with E-state index in [0.29, 0.717) is 25.9 Å². The maximum atomic E-state index is 14.5. The lowest BCUT2D eigenvalue weighted by molar-refractivity contribution is -0.321. The highest BCUT2D eigenvalue weighted by Crippen LogP contribution is 2.40. The Hall–Kier alpha value is -2.46. The molecular formula is C46H81N5O13. The minimum atomic E-state index is -1.83. The van der Waals surface area contributed by atoms with Crippen LogP contribution < -0.4 is 5.32 Å². The molecule has 1 aromatic heterocycles. The van der Waals surface area contributed by atoms with Crippen molar-refractivity contribution < 1.29 is 63.2 Å². The fourth-order valence-electron chi connectivity index (χ4n) is 9.90. The normalized spacial score (nSPS) is 42.4. The van der Waals surface area contributed by atoms with Gasteiger partial charge >= 0.3 is 5.97 Å². The molecule has 18 nitrogen and oxygen atoms in total. The highest BCUT2D eigenvalue weighted by Gasteiger charge is 2.53. The summed E-state index contributed by atoms with van der Waals surface area (Å²) in [6.07, 6.45) is -3.03. The molecule has 18 unspecified atom stereocenters. The largest absolute Gasteiger partial charge is 0.459 e. The lowest BCUT2D eigenvalue weighted by Crippen LogP contribution is -2.61. The van der Waals surface area contributed by atoms with Gasteiger partial charge in [-0.2, -0.15) is 0 Å². The number of methoxy groups -OCH3 is 1.